The number of hydrogen-bond donors (Lipinski definition) is 1. The normalized spacial score (nSPS) is 18.1. The fraction of sp³-hybridized carbons (Fsp3) is 0.556. The summed E-state index contributed by atoms with van der Waals surface area (Å²) < 4.78 is 1.48. The van der Waals surface area contributed by atoms with Crippen molar-refractivity contribution >= 4 is 11.8 Å². The largest absolute Gasteiger partial charge is 0.353 e. The Bertz CT molecular complexity index is 389. The zero-order valence-electron chi connectivity index (χ0n) is 8.96. The van der Waals surface area contributed by atoms with Crippen LogP contribution in [-0.4, -0.2) is 51.1 Å². The number of carbonyl (C=O) groups excluding carboxylic acids is 2. The Hall–Kier alpha value is -1.92. The molecule has 16 heavy (non-hydrogen) atoms. The highest BCUT2D eigenvalue weighted by Gasteiger charge is 2.26. The Morgan fingerprint density at radius 2 is 2.44 bits per heavy atom. The van der Waals surface area contributed by atoms with Gasteiger partial charge in [-0.25, -0.2) is 9.67 Å². The smallest absolute Gasteiger partial charge is 0.247 e. The summed E-state index contributed by atoms with van der Waals surface area (Å²) in [6.07, 6.45) is 2.87. The van der Waals surface area contributed by atoms with Crippen molar-refractivity contribution in [1.82, 2.24) is 25.0 Å². The van der Waals surface area contributed by atoms with Gasteiger partial charge in [-0.05, 0) is 6.92 Å². The standard InChI is InChI=1S/C9H13N5O2/c1-7(14-6-10-5-12-14)9(16)13-3-2-11-8(15)4-13/h5-7H,2-4H2,1H3,(H,11,15)/t7-/m0/s1. The third-order valence-corrected chi connectivity index (χ3v) is 2.54. The van der Waals surface area contributed by atoms with Crippen LogP contribution in [0.4, 0.5) is 0 Å². The van der Waals surface area contributed by atoms with Gasteiger partial charge in [0.1, 0.15) is 18.7 Å². The Morgan fingerprint density at radius 3 is 3.06 bits per heavy atom. The molecule has 2 heterocycles. The van der Waals surface area contributed by atoms with Crippen molar-refractivity contribution in [2.75, 3.05) is 19.6 Å². The molecule has 1 aliphatic rings. The van der Waals surface area contributed by atoms with Crippen LogP contribution in [0.3, 0.4) is 0 Å². The highest BCUT2D eigenvalue weighted by atomic mass is 16.2. The van der Waals surface area contributed by atoms with Crippen LogP contribution < -0.4 is 5.32 Å². The van der Waals surface area contributed by atoms with Crippen molar-refractivity contribution in [2.45, 2.75) is 13.0 Å². The first kappa shape index (κ1) is 10.6. The molecule has 86 valence electrons. The summed E-state index contributed by atoms with van der Waals surface area (Å²) in [4.78, 5) is 28.5. The van der Waals surface area contributed by atoms with E-state index in [9.17, 15) is 9.59 Å². The van der Waals surface area contributed by atoms with E-state index < -0.39 is 6.04 Å². The summed E-state index contributed by atoms with van der Waals surface area (Å²) in [7, 11) is 0. The van der Waals surface area contributed by atoms with Gasteiger partial charge in [0.05, 0.1) is 6.54 Å². The van der Waals surface area contributed by atoms with Gasteiger partial charge in [-0.15, -0.1) is 0 Å². The minimum atomic E-state index is -0.423. The monoisotopic (exact) mass is 223 g/mol. The minimum Gasteiger partial charge on any atom is -0.353 e. The molecule has 0 saturated carbocycles. The van der Waals surface area contributed by atoms with E-state index in [0.717, 1.165) is 0 Å². The van der Waals surface area contributed by atoms with Gasteiger partial charge in [0, 0.05) is 13.1 Å². The average molecular weight is 223 g/mol. The lowest BCUT2D eigenvalue weighted by molar-refractivity contribution is -0.140. The van der Waals surface area contributed by atoms with Crippen LogP contribution in [0.2, 0.25) is 0 Å². The molecule has 0 radical (unpaired) electrons. The van der Waals surface area contributed by atoms with Gasteiger partial charge >= 0.3 is 0 Å². The van der Waals surface area contributed by atoms with E-state index in [1.807, 2.05) is 0 Å². The Kier molecular flexibility index (Phi) is 2.84. The molecule has 0 aliphatic carbocycles. The predicted molar refractivity (Wildman–Crippen MR) is 54.3 cm³/mol. The van der Waals surface area contributed by atoms with E-state index in [2.05, 4.69) is 15.4 Å². The molecule has 7 nitrogen and oxygen atoms in total. The maximum atomic E-state index is 12.0. The van der Waals surface area contributed by atoms with E-state index in [1.54, 1.807) is 6.92 Å². The van der Waals surface area contributed by atoms with E-state index in [4.69, 9.17) is 0 Å². The van der Waals surface area contributed by atoms with Crippen LogP contribution in [0, 0.1) is 0 Å². The molecule has 1 aliphatic heterocycles. The number of rotatable bonds is 2. The summed E-state index contributed by atoms with van der Waals surface area (Å²) in [6.45, 7) is 2.92. The molecule has 1 aromatic heterocycles. The first-order valence-electron chi connectivity index (χ1n) is 5.08. The van der Waals surface area contributed by atoms with Crippen molar-refractivity contribution in [3.63, 3.8) is 0 Å². The molecule has 0 unspecified atom stereocenters. The average Bonchev–Trinajstić information content (AvgIpc) is 2.80. The molecular formula is C9H13N5O2. The van der Waals surface area contributed by atoms with E-state index in [1.165, 1.54) is 22.2 Å². The number of hydrogen-bond acceptors (Lipinski definition) is 4. The maximum Gasteiger partial charge on any atom is 0.247 e. The minimum absolute atomic E-state index is 0.111. The molecule has 0 bridgehead atoms. The van der Waals surface area contributed by atoms with Gasteiger partial charge < -0.3 is 10.2 Å². The summed E-state index contributed by atoms with van der Waals surface area (Å²) >= 11 is 0. The van der Waals surface area contributed by atoms with Gasteiger partial charge in [0.15, 0.2) is 0 Å². The third kappa shape index (κ3) is 2.02. The topological polar surface area (TPSA) is 80.1 Å². The Morgan fingerprint density at radius 1 is 1.62 bits per heavy atom. The summed E-state index contributed by atoms with van der Waals surface area (Å²) in [5.74, 6) is -0.231. The van der Waals surface area contributed by atoms with Crippen LogP contribution in [0.1, 0.15) is 13.0 Å². The number of aromatic nitrogens is 3. The third-order valence-electron chi connectivity index (χ3n) is 2.54. The highest BCUT2D eigenvalue weighted by molar-refractivity contribution is 5.87. The first-order valence-corrected chi connectivity index (χ1v) is 5.08. The predicted octanol–water partition coefficient (Wildman–Crippen LogP) is -1.20. The van der Waals surface area contributed by atoms with E-state index >= 15 is 0 Å². The fourth-order valence-electron chi connectivity index (χ4n) is 1.62. The lowest BCUT2D eigenvalue weighted by atomic mass is 10.2. The molecule has 1 fully saturated rings. The molecule has 2 rings (SSSR count). The van der Waals surface area contributed by atoms with Crippen LogP contribution in [0.25, 0.3) is 0 Å². The molecule has 1 saturated heterocycles. The summed E-state index contributed by atoms with van der Waals surface area (Å²) in [6, 6.07) is -0.423. The van der Waals surface area contributed by atoms with E-state index in [0.29, 0.717) is 13.1 Å². The number of amides is 2. The van der Waals surface area contributed by atoms with E-state index in [-0.39, 0.29) is 18.4 Å². The van der Waals surface area contributed by atoms with Crippen LogP contribution in [-0.2, 0) is 9.59 Å². The lowest BCUT2D eigenvalue weighted by Gasteiger charge is -2.28. The number of nitrogens with one attached hydrogen (secondary N) is 1. The van der Waals surface area contributed by atoms with Gasteiger partial charge in [-0.3, -0.25) is 9.59 Å². The number of piperazine rings is 1. The SMILES string of the molecule is C[C@@H](C(=O)N1CCNC(=O)C1)n1cncn1. The molecule has 1 atom stereocenters. The quantitative estimate of drug-likeness (QED) is 0.682. The molecule has 2 amide bonds. The molecule has 0 aromatic carbocycles. The summed E-state index contributed by atoms with van der Waals surface area (Å²) in [5, 5.41) is 6.58. The molecule has 1 aromatic rings. The van der Waals surface area contributed by atoms with Crippen molar-refractivity contribution < 1.29 is 9.59 Å². The Balaban J connectivity index is 2.04. The van der Waals surface area contributed by atoms with Crippen LogP contribution in [0.5, 0.6) is 0 Å². The highest BCUT2D eigenvalue weighted by Crippen LogP contribution is 2.08. The Labute approximate surface area is 92.4 Å². The van der Waals surface area contributed by atoms with Crippen molar-refractivity contribution in [2.24, 2.45) is 0 Å². The molecular weight excluding hydrogens is 210 g/mol. The van der Waals surface area contributed by atoms with Gasteiger partial charge in [-0.1, -0.05) is 0 Å². The molecule has 0 spiro atoms. The number of carbonyl (C=O) groups is 2. The van der Waals surface area contributed by atoms with Crippen molar-refractivity contribution in [1.29, 1.82) is 0 Å². The van der Waals surface area contributed by atoms with Gasteiger partial charge in [-0.2, -0.15) is 5.10 Å². The molecule has 1 N–H and O–H groups in total. The zero-order chi connectivity index (χ0) is 11.5. The molecule has 7 heteroatoms. The maximum absolute atomic E-state index is 12.0. The first-order chi connectivity index (χ1) is 7.68. The zero-order valence-corrected chi connectivity index (χ0v) is 8.96. The summed E-state index contributed by atoms with van der Waals surface area (Å²) in [5.41, 5.74) is 0. The second-order valence-corrected chi connectivity index (χ2v) is 3.66. The van der Waals surface area contributed by atoms with Crippen LogP contribution in [0.15, 0.2) is 12.7 Å². The number of nitrogens with zero attached hydrogens (tertiary/aromatic N) is 4. The van der Waals surface area contributed by atoms with Gasteiger partial charge in [0.2, 0.25) is 11.8 Å². The van der Waals surface area contributed by atoms with Crippen molar-refractivity contribution in [3.05, 3.63) is 12.7 Å². The second-order valence-electron chi connectivity index (χ2n) is 3.66. The van der Waals surface area contributed by atoms with Crippen LogP contribution >= 0.6 is 0 Å². The fourth-order valence-corrected chi connectivity index (χ4v) is 1.62. The lowest BCUT2D eigenvalue weighted by Crippen LogP contribution is -2.51. The van der Waals surface area contributed by atoms with Gasteiger partial charge in [0.25, 0.3) is 0 Å². The van der Waals surface area contributed by atoms with Crippen molar-refractivity contribution in [3.8, 4) is 0 Å². The second kappa shape index (κ2) is 4.30.